The molecule has 0 N–H and O–H groups in total. The summed E-state index contributed by atoms with van der Waals surface area (Å²) in [5.41, 5.74) is 0. The van der Waals surface area contributed by atoms with Gasteiger partial charge in [0.1, 0.15) is 0 Å². The van der Waals surface area contributed by atoms with Crippen molar-refractivity contribution in [2.24, 2.45) is 0 Å². The Balaban J connectivity index is 2.51. The van der Waals surface area contributed by atoms with E-state index in [4.69, 9.17) is 11.6 Å². The zero-order valence-corrected chi connectivity index (χ0v) is 8.48. The summed E-state index contributed by atoms with van der Waals surface area (Å²) in [7, 11) is -3.13. The Kier molecular flexibility index (Phi) is 2.08. The topological polar surface area (TPSA) is 34.1 Å². The molecule has 13 heavy (non-hydrogen) atoms. The van der Waals surface area contributed by atoms with Crippen LogP contribution >= 0.6 is 11.6 Å². The molecule has 0 spiro atoms. The molecule has 0 heterocycles. The second kappa shape index (κ2) is 3.00. The molecule has 1 aromatic carbocycles. The van der Waals surface area contributed by atoms with Crippen molar-refractivity contribution in [1.29, 1.82) is 0 Å². The zero-order valence-electron chi connectivity index (χ0n) is 6.90. The third-order valence-corrected chi connectivity index (χ3v) is 4.87. The second-order valence-electron chi connectivity index (χ2n) is 3.17. The van der Waals surface area contributed by atoms with Crippen LogP contribution in [0.3, 0.4) is 0 Å². The third kappa shape index (κ3) is 1.58. The average molecular weight is 217 g/mol. The van der Waals surface area contributed by atoms with Crippen molar-refractivity contribution in [2.75, 3.05) is 0 Å². The summed E-state index contributed by atoms with van der Waals surface area (Å²) in [6.07, 6.45) is 1.54. The summed E-state index contributed by atoms with van der Waals surface area (Å²) in [5, 5.41) is 0.141. The standard InChI is InChI=1S/C9H9ClO2S/c10-8-3-1-2-4-9(8)13(11,12)7-5-6-7/h1-4,7H,5-6H2. The van der Waals surface area contributed by atoms with Crippen LogP contribution in [0.1, 0.15) is 12.8 Å². The summed E-state index contributed by atoms with van der Waals surface area (Å²) < 4.78 is 23.5. The summed E-state index contributed by atoms with van der Waals surface area (Å²) in [4.78, 5) is 0.277. The van der Waals surface area contributed by atoms with Gasteiger partial charge in [-0.25, -0.2) is 8.42 Å². The van der Waals surface area contributed by atoms with E-state index in [0.717, 1.165) is 12.8 Å². The fourth-order valence-corrected chi connectivity index (χ4v) is 3.42. The van der Waals surface area contributed by atoms with Crippen molar-refractivity contribution in [2.45, 2.75) is 23.0 Å². The first kappa shape index (κ1) is 9.03. The molecule has 0 atom stereocenters. The first-order chi connectivity index (χ1) is 6.12. The van der Waals surface area contributed by atoms with Gasteiger partial charge < -0.3 is 0 Å². The summed E-state index contributed by atoms with van der Waals surface area (Å²) >= 11 is 5.80. The van der Waals surface area contributed by atoms with Crippen molar-refractivity contribution >= 4 is 21.4 Å². The van der Waals surface area contributed by atoms with E-state index < -0.39 is 9.84 Å². The minimum Gasteiger partial charge on any atom is -0.223 e. The van der Waals surface area contributed by atoms with Crippen LogP contribution in [0.15, 0.2) is 29.2 Å². The largest absolute Gasteiger partial charge is 0.223 e. The smallest absolute Gasteiger partial charge is 0.182 e. The van der Waals surface area contributed by atoms with E-state index in [-0.39, 0.29) is 10.1 Å². The highest BCUT2D eigenvalue weighted by atomic mass is 35.5. The Morgan fingerprint density at radius 2 is 1.85 bits per heavy atom. The molecule has 2 nitrogen and oxygen atoms in total. The van der Waals surface area contributed by atoms with Gasteiger partial charge in [-0.1, -0.05) is 23.7 Å². The molecule has 1 aliphatic rings. The predicted molar refractivity (Wildman–Crippen MR) is 51.7 cm³/mol. The Morgan fingerprint density at radius 1 is 1.23 bits per heavy atom. The van der Waals surface area contributed by atoms with Crippen LogP contribution in [0.2, 0.25) is 5.02 Å². The summed E-state index contributed by atoms with van der Waals surface area (Å²) in [6, 6.07) is 6.60. The van der Waals surface area contributed by atoms with Gasteiger partial charge in [-0.2, -0.15) is 0 Å². The molecule has 0 unspecified atom stereocenters. The van der Waals surface area contributed by atoms with E-state index >= 15 is 0 Å². The van der Waals surface area contributed by atoms with Crippen molar-refractivity contribution in [1.82, 2.24) is 0 Å². The molecule has 0 amide bonds. The fraction of sp³-hybridized carbons (Fsp3) is 0.333. The molecule has 70 valence electrons. The maximum Gasteiger partial charge on any atom is 0.182 e. The van der Waals surface area contributed by atoms with Gasteiger partial charge in [0, 0.05) is 0 Å². The minimum absolute atomic E-state index is 0.188. The van der Waals surface area contributed by atoms with E-state index in [1.807, 2.05) is 0 Å². The van der Waals surface area contributed by atoms with Gasteiger partial charge in [-0.15, -0.1) is 0 Å². The number of rotatable bonds is 2. The van der Waals surface area contributed by atoms with Crippen molar-refractivity contribution < 1.29 is 8.42 Å². The number of hydrogen-bond acceptors (Lipinski definition) is 2. The number of halogens is 1. The lowest BCUT2D eigenvalue weighted by atomic mass is 10.4. The molecule has 0 bridgehead atoms. The average Bonchev–Trinajstić information content (AvgIpc) is 2.86. The van der Waals surface area contributed by atoms with Crippen LogP contribution in [0.25, 0.3) is 0 Å². The van der Waals surface area contributed by atoms with Gasteiger partial charge >= 0.3 is 0 Å². The van der Waals surface area contributed by atoms with E-state index in [1.54, 1.807) is 24.3 Å². The van der Waals surface area contributed by atoms with Gasteiger partial charge in [0.05, 0.1) is 15.2 Å². The van der Waals surface area contributed by atoms with Gasteiger partial charge in [0.2, 0.25) is 0 Å². The maximum atomic E-state index is 11.7. The Bertz CT molecular complexity index is 421. The lowest BCUT2D eigenvalue weighted by Gasteiger charge is -2.03. The molecule has 0 aliphatic heterocycles. The number of benzene rings is 1. The van der Waals surface area contributed by atoms with Crippen molar-refractivity contribution in [3.63, 3.8) is 0 Å². The van der Waals surface area contributed by atoms with Crippen LogP contribution in [-0.2, 0) is 9.84 Å². The molecule has 4 heteroatoms. The number of sulfone groups is 1. The first-order valence-electron chi connectivity index (χ1n) is 4.11. The maximum absolute atomic E-state index is 11.7. The predicted octanol–water partition coefficient (Wildman–Crippen LogP) is 2.28. The van der Waals surface area contributed by atoms with Gasteiger partial charge in [-0.05, 0) is 25.0 Å². The highest BCUT2D eigenvalue weighted by molar-refractivity contribution is 7.92. The molecule has 2 rings (SSSR count). The minimum atomic E-state index is -3.13. The SMILES string of the molecule is O=S(=O)(c1ccccc1Cl)C1CC1. The zero-order chi connectivity index (χ0) is 9.47. The molecule has 1 aromatic rings. The van der Waals surface area contributed by atoms with Crippen LogP contribution in [0.5, 0.6) is 0 Å². The van der Waals surface area contributed by atoms with Crippen LogP contribution < -0.4 is 0 Å². The Labute approximate surface area is 82.4 Å². The van der Waals surface area contributed by atoms with E-state index in [9.17, 15) is 8.42 Å². The van der Waals surface area contributed by atoms with Gasteiger partial charge in [0.15, 0.2) is 9.84 Å². The van der Waals surface area contributed by atoms with Crippen LogP contribution in [0.4, 0.5) is 0 Å². The van der Waals surface area contributed by atoms with E-state index in [2.05, 4.69) is 0 Å². The van der Waals surface area contributed by atoms with Gasteiger partial charge in [0.25, 0.3) is 0 Å². The fourth-order valence-electron chi connectivity index (χ4n) is 1.23. The van der Waals surface area contributed by atoms with E-state index in [0.29, 0.717) is 5.02 Å². The summed E-state index contributed by atoms with van der Waals surface area (Å²) in [5.74, 6) is 0. The van der Waals surface area contributed by atoms with Crippen molar-refractivity contribution in [3.05, 3.63) is 29.3 Å². The Morgan fingerprint density at radius 3 is 2.38 bits per heavy atom. The number of hydrogen-bond donors (Lipinski definition) is 0. The van der Waals surface area contributed by atoms with Crippen LogP contribution in [0, 0.1) is 0 Å². The van der Waals surface area contributed by atoms with Crippen molar-refractivity contribution in [3.8, 4) is 0 Å². The molecule has 0 radical (unpaired) electrons. The molecule has 0 saturated heterocycles. The molecule has 1 aliphatic carbocycles. The third-order valence-electron chi connectivity index (χ3n) is 2.11. The highest BCUT2D eigenvalue weighted by Crippen LogP contribution is 2.35. The second-order valence-corrected chi connectivity index (χ2v) is 5.78. The molecule has 1 fully saturated rings. The lowest BCUT2D eigenvalue weighted by Crippen LogP contribution is -2.07. The molecule has 0 aromatic heterocycles. The molecular weight excluding hydrogens is 208 g/mol. The quantitative estimate of drug-likeness (QED) is 0.760. The monoisotopic (exact) mass is 216 g/mol. The van der Waals surface area contributed by atoms with E-state index in [1.165, 1.54) is 0 Å². The molecule has 1 saturated carbocycles. The van der Waals surface area contributed by atoms with Crippen LogP contribution in [-0.4, -0.2) is 13.7 Å². The van der Waals surface area contributed by atoms with Gasteiger partial charge in [-0.3, -0.25) is 0 Å². The first-order valence-corrected chi connectivity index (χ1v) is 6.03. The lowest BCUT2D eigenvalue weighted by molar-refractivity contribution is 0.595. The molecular formula is C9H9ClO2S. The Hall–Kier alpha value is -0.540. The normalized spacial score (nSPS) is 17.3. The highest BCUT2D eigenvalue weighted by Gasteiger charge is 2.37. The summed E-state index contributed by atoms with van der Waals surface area (Å²) in [6.45, 7) is 0.